The Morgan fingerprint density at radius 2 is 2.26 bits per heavy atom. The molecule has 0 aromatic heterocycles. The molecule has 1 aliphatic heterocycles. The Kier molecular flexibility index (Phi) is 3.21. The summed E-state index contributed by atoms with van der Waals surface area (Å²) in [5, 5.41) is 6.44. The molecule has 19 heavy (non-hydrogen) atoms. The van der Waals surface area contributed by atoms with Gasteiger partial charge in [-0.1, -0.05) is 19.4 Å². The van der Waals surface area contributed by atoms with E-state index >= 15 is 0 Å². The second-order valence-electron chi connectivity index (χ2n) is 5.94. The molecule has 0 spiro atoms. The van der Waals surface area contributed by atoms with Gasteiger partial charge in [0.1, 0.15) is 0 Å². The molecule has 102 valence electrons. The zero-order valence-electron chi connectivity index (χ0n) is 11.6. The topological polar surface area (TPSA) is 41.1 Å². The Morgan fingerprint density at radius 1 is 1.42 bits per heavy atom. The maximum Gasteiger partial charge on any atom is 0.251 e. The van der Waals surface area contributed by atoms with Crippen molar-refractivity contribution in [2.75, 3.05) is 18.4 Å². The Bertz CT molecular complexity index is 486. The highest BCUT2D eigenvalue weighted by Gasteiger charge is 2.35. The van der Waals surface area contributed by atoms with Crippen molar-refractivity contribution in [2.45, 2.75) is 39.0 Å². The molecule has 3 rings (SSSR count). The summed E-state index contributed by atoms with van der Waals surface area (Å²) >= 11 is 0. The average Bonchev–Trinajstić information content (AvgIpc) is 2.84. The van der Waals surface area contributed by atoms with Crippen LogP contribution in [0.25, 0.3) is 0 Å². The van der Waals surface area contributed by atoms with E-state index in [1.807, 2.05) is 12.1 Å². The van der Waals surface area contributed by atoms with Gasteiger partial charge in [0.15, 0.2) is 0 Å². The van der Waals surface area contributed by atoms with Gasteiger partial charge in [0, 0.05) is 24.3 Å². The number of amides is 1. The zero-order valence-corrected chi connectivity index (χ0v) is 11.6. The van der Waals surface area contributed by atoms with Crippen LogP contribution in [0.1, 0.15) is 48.5 Å². The lowest BCUT2D eigenvalue weighted by atomic mass is 9.67. The van der Waals surface area contributed by atoms with Crippen molar-refractivity contribution >= 4 is 11.6 Å². The SMILES string of the molecule is CCC1(CNC(=O)c2ccc3c(c2)NCC3)CCC1. The maximum atomic E-state index is 12.2. The lowest BCUT2D eigenvalue weighted by Gasteiger charge is -2.41. The predicted molar refractivity (Wildman–Crippen MR) is 77.5 cm³/mol. The van der Waals surface area contributed by atoms with Crippen LogP contribution < -0.4 is 10.6 Å². The number of rotatable bonds is 4. The van der Waals surface area contributed by atoms with E-state index in [0.29, 0.717) is 5.41 Å². The van der Waals surface area contributed by atoms with E-state index in [1.165, 1.54) is 31.2 Å². The molecular formula is C16H22N2O. The molecule has 3 heteroatoms. The van der Waals surface area contributed by atoms with E-state index in [-0.39, 0.29) is 5.91 Å². The van der Waals surface area contributed by atoms with Crippen molar-refractivity contribution in [2.24, 2.45) is 5.41 Å². The Morgan fingerprint density at radius 3 is 2.95 bits per heavy atom. The highest BCUT2D eigenvalue weighted by molar-refractivity contribution is 5.95. The van der Waals surface area contributed by atoms with Crippen molar-refractivity contribution < 1.29 is 4.79 Å². The molecule has 0 saturated heterocycles. The molecule has 0 atom stereocenters. The lowest BCUT2D eigenvalue weighted by Crippen LogP contribution is -2.41. The Labute approximate surface area is 114 Å². The summed E-state index contributed by atoms with van der Waals surface area (Å²) in [6.07, 6.45) is 6.06. The first kappa shape index (κ1) is 12.5. The summed E-state index contributed by atoms with van der Waals surface area (Å²) in [5.74, 6) is 0.0659. The van der Waals surface area contributed by atoms with Crippen LogP contribution >= 0.6 is 0 Å². The summed E-state index contributed by atoms with van der Waals surface area (Å²) < 4.78 is 0. The second kappa shape index (κ2) is 4.87. The van der Waals surface area contributed by atoms with Gasteiger partial charge in [-0.2, -0.15) is 0 Å². The summed E-state index contributed by atoms with van der Waals surface area (Å²) in [5.41, 5.74) is 3.60. The molecule has 1 heterocycles. The summed E-state index contributed by atoms with van der Waals surface area (Å²) in [6, 6.07) is 6.00. The van der Waals surface area contributed by atoms with Gasteiger partial charge in [0.05, 0.1) is 0 Å². The van der Waals surface area contributed by atoms with Gasteiger partial charge in [-0.15, -0.1) is 0 Å². The van der Waals surface area contributed by atoms with E-state index in [4.69, 9.17) is 0 Å². The first-order chi connectivity index (χ1) is 9.22. The van der Waals surface area contributed by atoms with Gasteiger partial charge in [0.2, 0.25) is 0 Å². The smallest absolute Gasteiger partial charge is 0.251 e. The fourth-order valence-corrected chi connectivity index (χ4v) is 3.13. The second-order valence-corrected chi connectivity index (χ2v) is 5.94. The minimum Gasteiger partial charge on any atom is -0.384 e. The molecule has 2 aliphatic rings. The Hall–Kier alpha value is -1.51. The molecular weight excluding hydrogens is 236 g/mol. The minimum atomic E-state index is 0.0659. The molecule has 0 radical (unpaired) electrons. The predicted octanol–water partition coefficient (Wildman–Crippen LogP) is 2.96. The monoisotopic (exact) mass is 258 g/mol. The van der Waals surface area contributed by atoms with Crippen LogP contribution in [0.5, 0.6) is 0 Å². The highest BCUT2D eigenvalue weighted by atomic mass is 16.1. The molecule has 1 amide bonds. The van der Waals surface area contributed by atoms with Crippen LogP contribution in [0.3, 0.4) is 0 Å². The number of benzene rings is 1. The van der Waals surface area contributed by atoms with Gasteiger partial charge < -0.3 is 10.6 Å². The third-order valence-corrected chi connectivity index (χ3v) is 4.87. The maximum absolute atomic E-state index is 12.2. The molecule has 1 fully saturated rings. The molecule has 1 aliphatic carbocycles. The molecule has 2 N–H and O–H groups in total. The van der Waals surface area contributed by atoms with Crippen LogP contribution in [0.2, 0.25) is 0 Å². The number of anilines is 1. The minimum absolute atomic E-state index is 0.0659. The number of carbonyl (C=O) groups excluding carboxylic acids is 1. The van der Waals surface area contributed by atoms with E-state index in [1.54, 1.807) is 0 Å². The number of carbonyl (C=O) groups is 1. The fourth-order valence-electron chi connectivity index (χ4n) is 3.13. The van der Waals surface area contributed by atoms with Crippen molar-refractivity contribution in [3.63, 3.8) is 0 Å². The van der Waals surface area contributed by atoms with E-state index in [0.717, 1.165) is 30.8 Å². The van der Waals surface area contributed by atoms with Crippen LogP contribution in [0, 0.1) is 5.41 Å². The number of fused-ring (bicyclic) bond motifs is 1. The van der Waals surface area contributed by atoms with Crippen molar-refractivity contribution in [3.05, 3.63) is 29.3 Å². The first-order valence-corrected chi connectivity index (χ1v) is 7.37. The largest absolute Gasteiger partial charge is 0.384 e. The van der Waals surface area contributed by atoms with Crippen molar-refractivity contribution in [1.82, 2.24) is 5.32 Å². The van der Waals surface area contributed by atoms with E-state index in [9.17, 15) is 4.79 Å². The fraction of sp³-hybridized carbons (Fsp3) is 0.562. The third-order valence-electron chi connectivity index (χ3n) is 4.87. The van der Waals surface area contributed by atoms with Gasteiger partial charge in [0.25, 0.3) is 5.91 Å². The van der Waals surface area contributed by atoms with Crippen LogP contribution in [-0.2, 0) is 6.42 Å². The quantitative estimate of drug-likeness (QED) is 0.871. The molecule has 1 aromatic rings. The zero-order chi connectivity index (χ0) is 13.3. The number of nitrogens with one attached hydrogen (secondary N) is 2. The number of hydrogen-bond acceptors (Lipinski definition) is 2. The lowest BCUT2D eigenvalue weighted by molar-refractivity contribution is 0.0850. The summed E-state index contributed by atoms with van der Waals surface area (Å²) in [6.45, 7) is 4.04. The normalized spacial score (nSPS) is 19.2. The van der Waals surface area contributed by atoms with E-state index < -0.39 is 0 Å². The van der Waals surface area contributed by atoms with Gasteiger partial charge in [-0.25, -0.2) is 0 Å². The number of hydrogen-bond donors (Lipinski definition) is 2. The summed E-state index contributed by atoms with van der Waals surface area (Å²) in [7, 11) is 0. The molecule has 0 unspecified atom stereocenters. The molecule has 3 nitrogen and oxygen atoms in total. The molecule has 1 aromatic carbocycles. The van der Waals surface area contributed by atoms with Crippen LogP contribution in [0.4, 0.5) is 5.69 Å². The summed E-state index contributed by atoms with van der Waals surface area (Å²) in [4.78, 5) is 12.2. The van der Waals surface area contributed by atoms with E-state index in [2.05, 4.69) is 23.6 Å². The Balaban J connectivity index is 1.64. The van der Waals surface area contributed by atoms with Crippen LogP contribution in [0.15, 0.2) is 18.2 Å². The first-order valence-electron chi connectivity index (χ1n) is 7.37. The highest BCUT2D eigenvalue weighted by Crippen LogP contribution is 2.43. The van der Waals surface area contributed by atoms with Crippen molar-refractivity contribution in [3.8, 4) is 0 Å². The van der Waals surface area contributed by atoms with Gasteiger partial charge >= 0.3 is 0 Å². The van der Waals surface area contributed by atoms with Gasteiger partial charge in [-0.05, 0) is 48.8 Å². The third kappa shape index (κ3) is 2.34. The van der Waals surface area contributed by atoms with Gasteiger partial charge in [-0.3, -0.25) is 4.79 Å². The molecule has 1 saturated carbocycles. The standard InChI is InChI=1S/C16H22N2O/c1-2-16(7-3-8-16)11-18-15(19)13-5-4-12-6-9-17-14(12)10-13/h4-5,10,17H,2-3,6-9,11H2,1H3,(H,18,19). The van der Waals surface area contributed by atoms with Crippen LogP contribution in [-0.4, -0.2) is 19.0 Å². The van der Waals surface area contributed by atoms with Crippen molar-refractivity contribution in [1.29, 1.82) is 0 Å². The molecule has 0 bridgehead atoms. The average molecular weight is 258 g/mol.